The molecule has 1 N–H and O–H groups in total. The van der Waals surface area contributed by atoms with E-state index in [1.165, 1.54) is 13.0 Å². The molecule has 0 aliphatic heterocycles. The molecule has 0 fully saturated rings. The number of nitrogens with one attached hydrogen (secondary N) is 1. The number of rotatable bonds is 4. The summed E-state index contributed by atoms with van der Waals surface area (Å²) in [6, 6.07) is 5.42. The number of aryl methyl sites for hydroxylation is 1. The lowest BCUT2D eigenvalue weighted by Gasteiger charge is -2.21. The van der Waals surface area contributed by atoms with E-state index < -0.39 is 24.9 Å². The van der Waals surface area contributed by atoms with Crippen molar-refractivity contribution >= 4 is 29.3 Å². The SMILES string of the molecule is Cc1nc(NC(C)c2cccc(C(F)(F)F)c2C)c2cc(P(C)(C)=O)cnc2n1. The fraction of sp³-hybridized carbons (Fsp3) is 0.350. The second-order valence-electron chi connectivity index (χ2n) is 7.42. The van der Waals surface area contributed by atoms with Crippen LogP contribution >= 0.6 is 7.14 Å². The van der Waals surface area contributed by atoms with Gasteiger partial charge in [-0.05, 0) is 57.4 Å². The van der Waals surface area contributed by atoms with Crippen LogP contribution in [0.5, 0.6) is 0 Å². The monoisotopic (exact) mass is 422 g/mol. The molecule has 9 heteroatoms. The number of aromatic nitrogens is 3. The van der Waals surface area contributed by atoms with Crippen LogP contribution in [-0.4, -0.2) is 28.3 Å². The van der Waals surface area contributed by atoms with E-state index in [0.29, 0.717) is 33.5 Å². The Bertz CT molecular complexity index is 1120. The number of hydrogen-bond acceptors (Lipinski definition) is 5. The lowest BCUT2D eigenvalue weighted by atomic mass is 9.97. The number of nitrogens with zero attached hydrogens (tertiary/aromatic N) is 3. The smallest absolute Gasteiger partial charge is 0.363 e. The van der Waals surface area contributed by atoms with E-state index in [-0.39, 0.29) is 5.56 Å². The first-order valence-electron chi connectivity index (χ1n) is 9.01. The van der Waals surface area contributed by atoms with Crippen molar-refractivity contribution in [1.29, 1.82) is 0 Å². The lowest BCUT2D eigenvalue weighted by Crippen LogP contribution is -2.15. The molecule has 0 saturated heterocycles. The van der Waals surface area contributed by atoms with Gasteiger partial charge in [0.1, 0.15) is 18.8 Å². The van der Waals surface area contributed by atoms with E-state index in [4.69, 9.17) is 0 Å². The molecule has 3 rings (SSSR count). The fourth-order valence-electron chi connectivity index (χ4n) is 3.23. The molecule has 0 saturated carbocycles. The average Bonchev–Trinajstić information content (AvgIpc) is 2.59. The highest BCUT2D eigenvalue weighted by molar-refractivity contribution is 7.70. The van der Waals surface area contributed by atoms with Gasteiger partial charge in [0.2, 0.25) is 0 Å². The summed E-state index contributed by atoms with van der Waals surface area (Å²) in [6.45, 7) is 8.24. The second-order valence-corrected chi connectivity index (χ2v) is 10.6. The van der Waals surface area contributed by atoms with Gasteiger partial charge >= 0.3 is 6.18 Å². The standard InChI is InChI=1S/C20H22F3N4OP/c1-11-15(7-6-8-17(11)20(21,22)23)12(2)25-19-16-9-14(29(4,5)28)10-24-18(16)26-13(3)27-19/h6-10,12H,1-5H3,(H,24,25,26,27). The lowest BCUT2D eigenvalue weighted by molar-refractivity contribution is -0.138. The molecule has 0 spiro atoms. The minimum Gasteiger partial charge on any atom is -0.363 e. The molecule has 0 aliphatic rings. The summed E-state index contributed by atoms with van der Waals surface area (Å²) in [7, 11) is -2.55. The van der Waals surface area contributed by atoms with E-state index in [0.717, 1.165) is 6.07 Å². The first-order chi connectivity index (χ1) is 13.4. The highest BCUT2D eigenvalue weighted by atomic mass is 31.2. The highest BCUT2D eigenvalue weighted by Gasteiger charge is 2.33. The van der Waals surface area contributed by atoms with Gasteiger partial charge in [-0.25, -0.2) is 15.0 Å². The summed E-state index contributed by atoms with van der Waals surface area (Å²) in [6.07, 6.45) is -2.88. The molecule has 0 aliphatic carbocycles. The number of halogens is 3. The van der Waals surface area contributed by atoms with Gasteiger partial charge in [0.25, 0.3) is 0 Å². The fourth-order valence-corrected chi connectivity index (χ4v) is 4.00. The van der Waals surface area contributed by atoms with Crippen LogP contribution < -0.4 is 10.6 Å². The third-order valence-electron chi connectivity index (χ3n) is 4.77. The van der Waals surface area contributed by atoms with Crippen LogP contribution in [0.2, 0.25) is 0 Å². The third-order valence-corrected chi connectivity index (χ3v) is 6.26. The Morgan fingerprint density at radius 1 is 1.14 bits per heavy atom. The molecule has 1 aromatic carbocycles. The Morgan fingerprint density at radius 2 is 1.83 bits per heavy atom. The Kier molecular flexibility index (Phi) is 5.43. The molecule has 1 unspecified atom stereocenters. The van der Waals surface area contributed by atoms with E-state index in [2.05, 4.69) is 20.3 Å². The molecular formula is C20H22F3N4OP. The average molecular weight is 422 g/mol. The van der Waals surface area contributed by atoms with Gasteiger partial charge < -0.3 is 9.88 Å². The molecule has 154 valence electrons. The van der Waals surface area contributed by atoms with Crippen LogP contribution in [0.3, 0.4) is 0 Å². The topological polar surface area (TPSA) is 67.8 Å². The first kappa shape index (κ1) is 21.2. The summed E-state index contributed by atoms with van der Waals surface area (Å²) >= 11 is 0. The number of fused-ring (bicyclic) bond motifs is 1. The maximum Gasteiger partial charge on any atom is 0.416 e. The summed E-state index contributed by atoms with van der Waals surface area (Å²) in [4.78, 5) is 13.0. The molecule has 0 amide bonds. The van der Waals surface area contributed by atoms with Gasteiger partial charge in [-0.2, -0.15) is 13.2 Å². The molecule has 0 bridgehead atoms. The number of anilines is 1. The van der Waals surface area contributed by atoms with Gasteiger partial charge in [-0.1, -0.05) is 12.1 Å². The normalized spacial score (nSPS) is 13.5. The first-order valence-corrected chi connectivity index (χ1v) is 11.6. The van der Waals surface area contributed by atoms with Crippen molar-refractivity contribution in [3.05, 3.63) is 53.0 Å². The van der Waals surface area contributed by atoms with Crippen LogP contribution in [0.4, 0.5) is 19.0 Å². The van der Waals surface area contributed by atoms with E-state index in [1.54, 1.807) is 45.5 Å². The molecule has 29 heavy (non-hydrogen) atoms. The van der Waals surface area contributed by atoms with Crippen LogP contribution in [0, 0.1) is 13.8 Å². The van der Waals surface area contributed by atoms with Crippen molar-refractivity contribution in [3.8, 4) is 0 Å². The minimum atomic E-state index is -4.42. The van der Waals surface area contributed by atoms with Gasteiger partial charge in [0.05, 0.1) is 17.0 Å². The number of hydrogen-bond donors (Lipinski definition) is 1. The maximum atomic E-state index is 13.3. The number of pyridine rings is 1. The van der Waals surface area contributed by atoms with Crippen molar-refractivity contribution in [2.75, 3.05) is 18.6 Å². The van der Waals surface area contributed by atoms with Gasteiger partial charge in [0.15, 0.2) is 5.65 Å². The molecular weight excluding hydrogens is 400 g/mol. The van der Waals surface area contributed by atoms with Crippen LogP contribution in [0.25, 0.3) is 11.0 Å². The Morgan fingerprint density at radius 3 is 2.45 bits per heavy atom. The van der Waals surface area contributed by atoms with Crippen molar-refractivity contribution in [2.24, 2.45) is 0 Å². The Balaban J connectivity index is 2.07. The molecule has 3 aromatic rings. The Hall–Kier alpha value is -2.47. The minimum absolute atomic E-state index is 0.167. The molecule has 1 atom stereocenters. The van der Waals surface area contributed by atoms with Gasteiger partial charge in [0, 0.05) is 11.5 Å². The Labute approximate surface area is 167 Å². The third kappa shape index (κ3) is 4.42. The van der Waals surface area contributed by atoms with Crippen molar-refractivity contribution in [3.63, 3.8) is 0 Å². The zero-order valence-electron chi connectivity index (χ0n) is 16.8. The largest absolute Gasteiger partial charge is 0.416 e. The molecule has 2 heterocycles. The van der Waals surface area contributed by atoms with Crippen LogP contribution in [-0.2, 0) is 10.7 Å². The summed E-state index contributed by atoms with van der Waals surface area (Å²) < 4.78 is 52.2. The van der Waals surface area contributed by atoms with E-state index >= 15 is 0 Å². The summed E-state index contributed by atoms with van der Waals surface area (Å²) in [5.74, 6) is 0.920. The number of alkyl halides is 3. The van der Waals surface area contributed by atoms with Crippen molar-refractivity contribution in [2.45, 2.75) is 33.0 Å². The van der Waals surface area contributed by atoms with Crippen LogP contribution in [0.15, 0.2) is 30.5 Å². The maximum absolute atomic E-state index is 13.3. The zero-order valence-corrected chi connectivity index (χ0v) is 17.7. The predicted molar refractivity (Wildman–Crippen MR) is 109 cm³/mol. The number of benzene rings is 1. The van der Waals surface area contributed by atoms with Gasteiger partial charge in [-0.3, -0.25) is 0 Å². The van der Waals surface area contributed by atoms with Crippen LogP contribution in [0.1, 0.15) is 35.5 Å². The molecule has 2 aromatic heterocycles. The molecule has 5 nitrogen and oxygen atoms in total. The van der Waals surface area contributed by atoms with Crippen molar-refractivity contribution in [1.82, 2.24) is 15.0 Å². The summed E-state index contributed by atoms with van der Waals surface area (Å²) in [5.41, 5.74) is 0.463. The highest BCUT2D eigenvalue weighted by Crippen LogP contribution is 2.37. The summed E-state index contributed by atoms with van der Waals surface area (Å²) in [5, 5.41) is 4.36. The zero-order chi connectivity index (χ0) is 21.6. The second kappa shape index (κ2) is 7.41. The quantitative estimate of drug-likeness (QED) is 0.594. The van der Waals surface area contributed by atoms with E-state index in [9.17, 15) is 17.7 Å². The predicted octanol–water partition coefficient (Wildman–Crippen LogP) is 5.08. The van der Waals surface area contributed by atoms with Gasteiger partial charge in [-0.15, -0.1) is 0 Å². The molecule has 0 radical (unpaired) electrons. The van der Waals surface area contributed by atoms with E-state index in [1.807, 2.05) is 0 Å². The van der Waals surface area contributed by atoms with Crippen molar-refractivity contribution < 1.29 is 17.7 Å².